The number of carbonyl (C=O) groups excluding carboxylic acids is 1. The molecule has 0 saturated heterocycles. The van der Waals surface area contributed by atoms with Gasteiger partial charge in [-0.15, -0.1) is 0 Å². The summed E-state index contributed by atoms with van der Waals surface area (Å²) < 4.78 is 0. The molecule has 1 amide bonds. The van der Waals surface area contributed by atoms with Gasteiger partial charge in [-0.3, -0.25) is 4.79 Å². The fraction of sp³-hybridized carbons (Fsp3) is 0.750. The van der Waals surface area contributed by atoms with Crippen LogP contribution in [0.25, 0.3) is 0 Å². The lowest BCUT2D eigenvalue weighted by molar-refractivity contribution is 0.241. The van der Waals surface area contributed by atoms with Crippen LogP contribution in [0.5, 0.6) is 0 Å². The molecule has 88 valence electrons. The summed E-state index contributed by atoms with van der Waals surface area (Å²) in [5.41, 5.74) is 0.425. The number of amides is 1. The van der Waals surface area contributed by atoms with Crippen LogP contribution in [0.1, 0.15) is 47.0 Å². The van der Waals surface area contributed by atoms with Crippen molar-refractivity contribution < 1.29 is 4.79 Å². The lowest BCUT2D eigenvalue weighted by Gasteiger charge is -2.27. The Morgan fingerprint density at radius 2 is 2.13 bits per heavy atom. The van der Waals surface area contributed by atoms with Gasteiger partial charge in [0.15, 0.2) is 0 Å². The third-order valence-electron chi connectivity index (χ3n) is 2.76. The topological polar surface area (TPSA) is 29.1 Å². The maximum atomic E-state index is 11.4. The minimum absolute atomic E-state index is 0.156. The van der Waals surface area contributed by atoms with Gasteiger partial charge in [-0.05, 0) is 33.8 Å². The standard InChI is InChI=1S/C12H24NOP/c1-5-8-12(4,7-3)10-13-11(14)15-9-6-2/h6,9,15H,5,7-8,10H2,1-4H3,(H,13,14)/b9-6-. The van der Waals surface area contributed by atoms with Crippen LogP contribution < -0.4 is 5.32 Å². The Kier molecular flexibility index (Phi) is 7.68. The highest BCUT2D eigenvalue weighted by Crippen LogP contribution is 2.26. The second-order valence-electron chi connectivity index (χ2n) is 4.24. The predicted molar refractivity (Wildman–Crippen MR) is 69.8 cm³/mol. The van der Waals surface area contributed by atoms with Gasteiger partial charge in [0.05, 0.1) is 0 Å². The first-order valence-corrected chi connectivity index (χ1v) is 6.81. The van der Waals surface area contributed by atoms with E-state index in [0.717, 1.165) is 13.0 Å². The molecule has 0 aliphatic carbocycles. The van der Waals surface area contributed by atoms with E-state index >= 15 is 0 Å². The Hall–Kier alpha value is -0.360. The second-order valence-corrected chi connectivity index (χ2v) is 5.32. The third-order valence-corrected chi connectivity index (χ3v) is 3.70. The smallest absolute Gasteiger partial charge is 0.241 e. The molecule has 2 nitrogen and oxygen atoms in total. The largest absolute Gasteiger partial charge is 0.352 e. The number of hydrogen-bond acceptors (Lipinski definition) is 1. The normalized spacial score (nSPS) is 16.0. The number of allylic oxidation sites excluding steroid dienone is 1. The predicted octanol–water partition coefficient (Wildman–Crippen LogP) is 4.12. The Morgan fingerprint density at radius 3 is 2.60 bits per heavy atom. The van der Waals surface area contributed by atoms with Crippen LogP contribution in [-0.4, -0.2) is 12.2 Å². The van der Waals surface area contributed by atoms with Crippen LogP contribution in [-0.2, 0) is 0 Å². The molecule has 0 saturated carbocycles. The van der Waals surface area contributed by atoms with Crippen molar-refractivity contribution in [3.8, 4) is 0 Å². The molecule has 2 atom stereocenters. The molecule has 0 aliphatic heterocycles. The van der Waals surface area contributed by atoms with E-state index in [1.165, 1.54) is 12.8 Å². The van der Waals surface area contributed by atoms with Gasteiger partial charge in [-0.1, -0.05) is 39.1 Å². The van der Waals surface area contributed by atoms with Crippen LogP contribution in [0.2, 0.25) is 0 Å². The summed E-state index contributed by atoms with van der Waals surface area (Å²) in [4.78, 5) is 11.4. The van der Waals surface area contributed by atoms with E-state index in [2.05, 4.69) is 26.1 Å². The summed E-state index contributed by atoms with van der Waals surface area (Å²) in [6.07, 6.45) is 5.39. The van der Waals surface area contributed by atoms with Gasteiger partial charge >= 0.3 is 0 Å². The van der Waals surface area contributed by atoms with Crippen LogP contribution in [0.15, 0.2) is 11.9 Å². The highest BCUT2D eigenvalue weighted by atomic mass is 31.1. The summed E-state index contributed by atoms with van der Waals surface area (Å²) in [5.74, 6) is 1.92. The van der Waals surface area contributed by atoms with E-state index in [0.29, 0.717) is 0 Å². The van der Waals surface area contributed by atoms with E-state index in [1.807, 2.05) is 18.8 Å². The van der Waals surface area contributed by atoms with Crippen molar-refractivity contribution in [3.63, 3.8) is 0 Å². The Balaban J connectivity index is 3.94. The van der Waals surface area contributed by atoms with Crippen molar-refractivity contribution >= 4 is 14.2 Å². The molecule has 0 radical (unpaired) electrons. The Labute approximate surface area is 95.7 Å². The van der Waals surface area contributed by atoms with E-state index in [4.69, 9.17) is 0 Å². The molecular weight excluding hydrogens is 205 g/mol. The molecule has 0 fully saturated rings. The summed E-state index contributed by atoms with van der Waals surface area (Å²) in [6, 6.07) is 0. The van der Waals surface area contributed by atoms with Crippen LogP contribution in [0.4, 0.5) is 4.79 Å². The van der Waals surface area contributed by atoms with Gasteiger partial charge in [0.2, 0.25) is 5.65 Å². The summed E-state index contributed by atoms with van der Waals surface area (Å²) >= 11 is 0. The number of hydrogen-bond donors (Lipinski definition) is 1. The summed E-state index contributed by atoms with van der Waals surface area (Å²) in [6.45, 7) is 9.37. The Morgan fingerprint density at radius 1 is 1.47 bits per heavy atom. The van der Waals surface area contributed by atoms with E-state index in [1.54, 1.807) is 0 Å². The molecule has 15 heavy (non-hydrogen) atoms. The molecule has 0 aliphatic rings. The first-order chi connectivity index (χ1) is 7.08. The van der Waals surface area contributed by atoms with Gasteiger partial charge in [0, 0.05) is 6.54 Å². The quantitative estimate of drug-likeness (QED) is 0.653. The van der Waals surface area contributed by atoms with Crippen molar-refractivity contribution in [1.82, 2.24) is 5.32 Å². The first kappa shape index (κ1) is 14.6. The fourth-order valence-electron chi connectivity index (χ4n) is 1.50. The van der Waals surface area contributed by atoms with Gasteiger partial charge < -0.3 is 5.32 Å². The molecule has 0 heterocycles. The maximum absolute atomic E-state index is 11.4. The third kappa shape index (κ3) is 6.67. The molecule has 2 unspecified atom stereocenters. The van der Waals surface area contributed by atoms with E-state index in [-0.39, 0.29) is 19.6 Å². The van der Waals surface area contributed by atoms with Crippen molar-refractivity contribution in [3.05, 3.63) is 11.9 Å². The summed E-state index contributed by atoms with van der Waals surface area (Å²) in [5, 5.41) is 3.02. The molecule has 0 rings (SSSR count). The maximum Gasteiger partial charge on any atom is 0.241 e. The minimum atomic E-state index is 0.156. The zero-order valence-electron chi connectivity index (χ0n) is 10.4. The Bertz CT molecular complexity index is 216. The average Bonchev–Trinajstić information content (AvgIpc) is 2.24. The molecule has 0 aromatic rings. The lowest BCUT2D eigenvalue weighted by Crippen LogP contribution is -2.32. The number of carbonyl (C=O) groups is 1. The summed E-state index contributed by atoms with van der Waals surface area (Å²) in [7, 11) is 0.265. The zero-order valence-corrected chi connectivity index (χ0v) is 11.4. The van der Waals surface area contributed by atoms with Crippen molar-refractivity contribution in [2.24, 2.45) is 5.41 Å². The highest BCUT2D eigenvalue weighted by molar-refractivity contribution is 7.60. The average molecular weight is 229 g/mol. The van der Waals surface area contributed by atoms with Gasteiger partial charge in [-0.2, -0.15) is 0 Å². The molecule has 0 aromatic carbocycles. The monoisotopic (exact) mass is 229 g/mol. The second kappa shape index (κ2) is 7.87. The molecule has 1 N–H and O–H groups in total. The van der Waals surface area contributed by atoms with Crippen LogP contribution in [0.3, 0.4) is 0 Å². The van der Waals surface area contributed by atoms with Gasteiger partial charge in [0.25, 0.3) is 0 Å². The molecule has 0 aromatic heterocycles. The number of nitrogens with one attached hydrogen (secondary N) is 1. The fourth-order valence-corrected chi connectivity index (χ4v) is 2.01. The molecule has 3 heteroatoms. The first-order valence-electron chi connectivity index (χ1n) is 5.73. The highest BCUT2D eigenvalue weighted by Gasteiger charge is 2.21. The minimum Gasteiger partial charge on any atom is -0.352 e. The molecule has 0 spiro atoms. The molecule has 0 bridgehead atoms. The van der Waals surface area contributed by atoms with E-state index in [9.17, 15) is 4.79 Å². The number of rotatable bonds is 7. The SMILES string of the molecule is C/C=C\PC(=O)NCC(C)(CC)CCC. The van der Waals surface area contributed by atoms with Crippen molar-refractivity contribution in [1.29, 1.82) is 0 Å². The van der Waals surface area contributed by atoms with E-state index < -0.39 is 0 Å². The van der Waals surface area contributed by atoms with Gasteiger partial charge in [-0.25, -0.2) is 0 Å². The lowest BCUT2D eigenvalue weighted by atomic mass is 9.83. The molecular formula is C12H24NOP. The van der Waals surface area contributed by atoms with Crippen molar-refractivity contribution in [2.45, 2.75) is 47.0 Å². The van der Waals surface area contributed by atoms with Crippen LogP contribution >= 0.6 is 8.58 Å². The van der Waals surface area contributed by atoms with Crippen molar-refractivity contribution in [2.75, 3.05) is 6.54 Å². The van der Waals surface area contributed by atoms with Gasteiger partial charge in [0.1, 0.15) is 0 Å². The van der Waals surface area contributed by atoms with Crippen LogP contribution in [0, 0.1) is 5.41 Å². The zero-order chi connectivity index (χ0) is 11.7.